The summed E-state index contributed by atoms with van der Waals surface area (Å²) in [5, 5.41) is 12.8. The van der Waals surface area contributed by atoms with E-state index in [1.165, 1.54) is 11.3 Å². The van der Waals surface area contributed by atoms with Gasteiger partial charge in [0.05, 0.1) is 11.5 Å². The fraction of sp³-hybridized carbons (Fsp3) is 0.444. The summed E-state index contributed by atoms with van der Waals surface area (Å²) >= 11 is 1.52. The maximum Gasteiger partial charge on any atom is 0.116 e. The van der Waals surface area contributed by atoms with Crippen molar-refractivity contribution in [3.63, 3.8) is 0 Å². The summed E-state index contributed by atoms with van der Waals surface area (Å²) in [6.45, 7) is 1.07. The van der Waals surface area contributed by atoms with Crippen molar-refractivity contribution < 1.29 is 5.11 Å². The van der Waals surface area contributed by atoms with Crippen molar-refractivity contribution in [2.45, 2.75) is 13.0 Å². The third-order valence-electron chi connectivity index (χ3n) is 1.55. The third-order valence-corrected chi connectivity index (χ3v) is 2.50. The van der Waals surface area contributed by atoms with Crippen LogP contribution in [-0.2, 0) is 6.61 Å². The maximum absolute atomic E-state index is 8.80. The van der Waals surface area contributed by atoms with Crippen LogP contribution in [0.5, 0.6) is 0 Å². The second kappa shape index (κ2) is 5.85. The quantitative estimate of drug-likeness (QED) is 0.700. The SMILES string of the molecule is CNCCC=Cc1ncc(CO)s1. The maximum atomic E-state index is 8.80. The first kappa shape index (κ1) is 10.4. The van der Waals surface area contributed by atoms with Gasteiger partial charge in [0.15, 0.2) is 0 Å². The number of aromatic nitrogens is 1. The molecule has 3 nitrogen and oxygen atoms in total. The molecule has 13 heavy (non-hydrogen) atoms. The van der Waals surface area contributed by atoms with Gasteiger partial charge in [0.2, 0.25) is 0 Å². The molecule has 0 amide bonds. The molecule has 0 fully saturated rings. The zero-order valence-electron chi connectivity index (χ0n) is 7.66. The van der Waals surface area contributed by atoms with Crippen molar-refractivity contribution >= 4 is 17.4 Å². The molecule has 1 rings (SSSR count). The summed E-state index contributed by atoms with van der Waals surface area (Å²) in [6.07, 6.45) is 6.78. The smallest absolute Gasteiger partial charge is 0.116 e. The molecule has 0 radical (unpaired) electrons. The minimum atomic E-state index is 0.0853. The molecule has 0 unspecified atom stereocenters. The van der Waals surface area contributed by atoms with E-state index in [0.29, 0.717) is 0 Å². The van der Waals surface area contributed by atoms with Crippen molar-refractivity contribution in [3.8, 4) is 0 Å². The molecule has 1 heterocycles. The Morgan fingerprint density at radius 1 is 1.69 bits per heavy atom. The van der Waals surface area contributed by atoms with Crippen molar-refractivity contribution in [1.29, 1.82) is 0 Å². The Bertz CT molecular complexity index is 270. The lowest BCUT2D eigenvalue weighted by Crippen LogP contribution is -2.05. The summed E-state index contributed by atoms with van der Waals surface area (Å²) in [6, 6.07) is 0. The highest BCUT2D eigenvalue weighted by Crippen LogP contribution is 2.13. The Hall–Kier alpha value is -0.710. The van der Waals surface area contributed by atoms with Crippen LogP contribution in [0.15, 0.2) is 12.3 Å². The lowest BCUT2D eigenvalue weighted by Gasteiger charge is -1.89. The van der Waals surface area contributed by atoms with E-state index in [0.717, 1.165) is 22.9 Å². The van der Waals surface area contributed by atoms with Crippen molar-refractivity contribution in [2.24, 2.45) is 0 Å². The van der Waals surface area contributed by atoms with Crippen LogP contribution in [0, 0.1) is 0 Å². The van der Waals surface area contributed by atoms with Crippen LogP contribution in [0.2, 0.25) is 0 Å². The monoisotopic (exact) mass is 198 g/mol. The fourth-order valence-corrected chi connectivity index (χ4v) is 1.59. The molecule has 72 valence electrons. The van der Waals surface area contributed by atoms with Gasteiger partial charge in [-0.15, -0.1) is 11.3 Å². The van der Waals surface area contributed by atoms with E-state index in [2.05, 4.69) is 16.4 Å². The van der Waals surface area contributed by atoms with E-state index in [1.807, 2.05) is 13.1 Å². The summed E-state index contributed by atoms with van der Waals surface area (Å²) in [5.41, 5.74) is 0. The second-order valence-electron chi connectivity index (χ2n) is 2.62. The van der Waals surface area contributed by atoms with Crippen LogP contribution in [0.3, 0.4) is 0 Å². The predicted octanol–water partition coefficient (Wildman–Crippen LogP) is 1.26. The van der Waals surface area contributed by atoms with Crippen LogP contribution >= 0.6 is 11.3 Å². The number of aliphatic hydroxyl groups excluding tert-OH is 1. The molecule has 0 spiro atoms. The van der Waals surface area contributed by atoms with Gasteiger partial charge in [-0.3, -0.25) is 0 Å². The Labute approximate surface area is 82.1 Å². The molecule has 0 aliphatic rings. The van der Waals surface area contributed by atoms with Crippen molar-refractivity contribution in [3.05, 3.63) is 22.2 Å². The molecule has 0 atom stereocenters. The van der Waals surface area contributed by atoms with E-state index in [4.69, 9.17) is 5.11 Å². The topological polar surface area (TPSA) is 45.2 Å². The number of hydrogen-bond donors (Lipinski definition) is 2. The van der Waals surface area contributed by atoms with E-state index in [1.54, 1.807) is 6.20 Å². The molecule has 0 aliphatic heterocycles. The minimum absolute atomic E-state index is 0.0853. The molecule has 0 saturated heterocycles. The Morgan fingerprint density at radius 2 is 2.54 bits per heavy atom. The number of aliphatic hydroxyl groups is 1. The number of thiazole rings is 1. The summed E-state index contributed by atoms with van der Waals surface area (Å²) in [5.74, 6) is 0. The number of nitrogens with one attached hydrogen (secondary N) is 1. The average molecular weight is 198 g/mol. The molecule has 1 aromatic heterocycles. The first-order valence-corrected chi connectivity index (χ1v) is 5.05. The Balaban J connectivity index is 2.39. The Kier molecular flexibility index (Phi) is 4.67. The molecule has 0 aromatic carbocycles. The van der Waals surface area contributed by atoms with Gasteiger partial charge in [-0.2, -0.15) is 0 Å². The second-order valence-corrected chi connectivity index (χ2v) is 3.76. The van der Waals surface area contributed by atoms with E-state index in [-0.39, 0.29) is 6.61 Å². The van der Waals surface area contributed by atoms with Gasteiger partial charge < -0.3 is 10.4 Å². The summed E-state index contributed by atoms with van der Waals surface area (Å²) < 4.78 is 0. The minimum Gasteiger partial charge on any atom is -0.391 e. The molecule has 0 bridgehead atoms. The molecule has 0 saturated carbocycles. The van der Waals surface area contributed by atoms with Crippen LogP contribution in [0.1, 0.15) is 16.3 Å². The molecule has 0 aliphatic carbocycles. The highest BCUT2D eigenvalue weighted by molar-refractivity contribution is 7.12. The van der Waals surface area contributed by atoms with Gasteiger partial charge in [-0.25, -0.2) is 4.98 Å². The summed E-state index contributed by atoms with van der Waals surface area (Å²) in [4.78, 5) is 5.05. The van der Waals surface area contributed by atoms with Gasteiger partial charge in [-0.1, -0.05) is 6.08 Å². The third kappa shape index (κ3) is 3.67. The largest absolute Gasteiger partial charge is 0.391 e. The number of nitrogens with zero attached hydrogens (tertiary/aromatic N) is 1. The lowest BCUT2D eigenvalue weighted by atomic mass is 10.4. The van der Waals surface area contributed by atoms with Gasteiger partial charge in [-0.05, 0) is 26.1 Å². The van der Waals surface area contributed by atoms with E-state index < -0.39 is 0 Å². The van der Waals surface area contributed by atoms with Gasteiger partial charge in [0.25, 0.3) is 0 Å². The fourth-order valence-electron chi connectivity index (χ4n) is 0.885. The van der Waals surface area contributed by atoms with Crippen LogP contribution < -0.4 is 5.32 Å². The van der Waals surface area contributed by atoms with E-state index in [9.17, 15) is 0 Å². The van der Waals surface area contributed by atoms with Gasteiger partial charge in [0, 0.05) is 6.20 Å². The predicted molar refractivity (Wildman–Crippen MR) is 55.6 cm³/mol. The number of hydrogen-bond acceptors (Lipinski definition) is 4. The average Bonchev–Trinajstić information content (AvgIpc) is 2.60. The molecular formula is C9H14N2OS. The first-order valence-electron chi connectivity index (χ1n) is 4.23. The Morgan fingerprint density at radius 3 is 3.15 bits per heavy atom. The zero-order valence-corrected chi connectivity index (χ0v) is 8.47. The number of rotatable bonds is 5. The van der Waals surface area contributed by atoms with Crippen molar-refractivity contribution in [1.82, 2.24) is 10.3 Å². The standard InChI is InChI=1S/C9H14N2OS/c1-10-5-3-2-4-9-11-6-8(7-12)13-9/h2,4,6,10,12H,3,5,7H2,1H3. The zero-order chi connectivity index (χ0) is 9.52. The van der Waals surface area contributed by atoms with E-state index >= 15 is 0 Å². The lowest BCUT2D eigenvalue weighted by molar-refractivity contribution is 0.285. The summed E-state index contributed by atoms with van der Waals surface area (Å²) in [7, 11) is 1.93. The van der Waals surface area contributed by atoms with Crippen molar-refractivity contribution in [2.75, 3.05) is 13.6 Å². The van der Waals surface area contributed by atoms with Gasteiger partial charge >= 0.3 is 0 Å². The highest BCUT2D eigenvalue weighted by Gasteiger charge is 1.95. The molecule has 1 aromatic rings. The molecule has 4 heteroatoms. The van der Waals surface area contributed by atoms with Crippen LogP contribution in [-0.4, -0.2) is 23.7 Å². The van der Waals surface area contributed by atoms with Gasteiger partial charge in [0.1, 0.15) is 5.01 Å². The normalized spacial score (nSPS) is 11.2. The van der Waals surface area contributed by atoms with Crippen LogP contribution in [0.25, 0.3) is 6.08 Å². The first-order chi connectivity index (χ1) is 6.36. The van der Waals surface area contributed by atoms with Crippen LogP contribution in [0.4, 0.5) is 0 Å². The molecule has 2 N–H and O–H groups in total. The molecular weight excluding hydrogens is 184 g/mol. The highest BCUT2D eigenvalue weighted by atomic mass is 32.1.